The Hall–Kier alpha value is -2.85. The fourth-order valence-corrected chi connectivity index (χ4v) is 4.40. The van der Waals surface area contributed by atoms with Gasteiger partial charge in [-0.25, -0.2) is 8.78 Å². The number of nitriles is 1. The zero-order valence-electron chi connectivity index (χ0n) is 14.9. The van der Waals surface area contributed by atoms with Gasteiger partial charge in [-0.2, -0.15) is 5.26 Å². The second-order valence-electron chi connectivity index (χ2n) is 6.85. The first-order valence-corrected chi connectivity index (χ1v) is 9.22. The summed E-state index contributed by atoms with van der Waals surface area (Å²) in [4.78, 5) is 13.6. The normalized spacial score (nSPS) is 20.0. The Morgan fingerprint density at radius 1 is 1.36 bits per heavy atom. The van der Waals surface area contributed by atoms with Crippen LogP contribution in [0, 0.1) is 23.0 Å². The van der Waals surface area contributed by atoms with Crippen LogP contribution in [0.1, 0.15) is 36.9 Å². The van der Waals surface area contributed by atoms with E-state index >= 15 is 0 Å². The number of anilines is 1. The molecule has 0 aliphatic carbocycles. The largest absolute Gasteiger partial charge is 0.455 e. The lowest BCUT2D eigenvalue weighted by Crippen LogP contribution is -2.50. The summed E-state index contributed by atoms with van der Waals surface area (Å²) in [6.07, 6.45) is 1.33. The highest BCUT2D eigenvalue weighted by Crippen LogP contribution is 2.52. The maximum absolute atomic E-state index is 14.9. The number of ether oxygens (including phenoxy) is 1. The van der Waals surface area contributed by atoms with Crippen LogP contribution in [0.15, 0.2) is 24.3 Å². The van der Waals surface area contributed by atoms with E-state index in [0.29, 0.717) is 25.1 Å². The van der Waals surface area contributed by atoms with Crippen molar-refractivity contribution in [2.45, 2.75) is 31.8 Å². The smallest absolute Gasteiger partial charge is 0.217 e. The second kappa shape index (κ2) is 6.95. The Morgan fingerprint density at radius 3 is 2.86 bits per heavy atom. The minimum Gasteiger partial charge on any atom is -0.455 e. The first kappa shape index (κ1) is 18.5. The van der Waals surface area contributed by atoms with Crippen molar-refractivity contribution in [3.8, 4) is 17.6 Å². The van der Waals surface area contributed by atoms with Crippen molar-refractivity contribution in [1.29, 1.82) is 5.26 Å². The van der Waals surface area contributed by atoms with Gasteiger partial charge < -0.3 is 15.0 Å². The van der Waals surface area contributed by atoms with Gasteiger partial charge in [0.05, 0.1) is 22.7 Å². The molecule has 0 bridgehead atoms. The highest BCUT2D eigenvalue weighted by atomic mass is 35.5. The van der Waals surface area contributed by atoms with Crippen molar-refractivity contribution in [3.63, 3.8) is 0 Å². The van der Waals surface area contributed by atoms with E-state index < -0.39 is 23.7 Å². The number of carbonyl (C=O) groups is 1. The quantitative estimate of drug-likeness (QED) is 0.764. The summed E-state index contributed by atoms with van der Waals surface area (Å²) < 4.78 is 35.1. The molecular formula is C20H16ClF2N3O2. The van der Waals surface area contributed by atoms with E-state index in [-0.39, 0.29) is 33.6 Å². The van der Waals surface area contributed by atoms with Crippen molar-refractivity contribution >= 4 is 23.2 Å². The van der Waals surface area contributed by atoms with Crippen LogP contribution in [0.4, 0.5) is 14.5 Å². The molecule has 1 fully saturated rings. The number of carbonyl (C=O) groups excluding carboxylic acids is 1. The van der Waals surface area contributed by atoms with Gasteiger partial charge in [-0.3, -0.25) is 4.79 Å². The number of benzene rings is 2. The van der Waals surface area contributed by atoms with Gasteiger partial charge in [0, 0.05) is 19.5 Å². The maximum atomic E-state index is 14.9. The van der Waals surface area contributed by atoms with Crippen LogP contribution < -0.4 is 15.0 Å². The fourth-order valence-electron chi connectivity index (χ4n) is 4.06. The third-order valence-electron chi connectivity index (χ3n) is 5.10. The molecule has 1 N–H and O–H groups in total. The number of amides is 1. The van der Waals surface area contributed by atoms with Gasteiger partial charge in [-0.15, -0.1) is 0 Å². The van der Waals surface area contributed by atoms with Crippen molar-refractivity contribution in [2.75, 3.05) is 11.4 Å². The van der Waals surface area contributed by atoms with Gasteiger partial charge in [0.1, 0.15) is 34.7 Å². The maximum Gasteiger partial charge on any atom is 0.217 e. The molecule has 1 unspecified atom stereocenters. The molecule has 5 nitrogen and oxygen atoms in total. The summed E-state index contributed by atoms with van der Waals surface area (Å²) in [7, 11) is 0. The standard InChI is InChI=1S/C20H16ClF2N3O2/c1-10(27)25-14-5-3-7-26-19(14)17-12(22)4-2-6-15(17)28-16-8-13(23)11(9-24)18(21)20(16)26/h2,4,6,8,14,19H,3,5,7H2,1H3,(H,25,27)/t14?,19-/m0/s1. The van der Waals surface area contributed by atoms with Gasteiger partial charge in [0.25, 0.3) is 0 Å². The van der Waals surface area contributed by atoms with Crippen molar-refractivity contribution in [3.05, 3.63) is 52.0 Å². The SMILES string of the molecule is CC(=O)NC1CCCN2c3c(cc(F)c(C#N)c3Cl)Oc3cccc(F)c3[C@H]12. The molecule has 2 aromatic carbocycles. The summed E-state index contributed by atoms with van der Waals surface area (Å²) in [5.74, 6) is -1.20. The summed E-state index contributed by atoms with van der Waals surface area (Å²) >= 11 is 6.40. The number of piperidine rings is 1. The number of hydrogen-bond donors (Lipinski definition) is 1. The molecule has 8 heteroatoms. The second-order valence-corrected chi connectivity index (χ2v) is 7.23. The number of fused-ring (bicyclic) bond motifs is 5. The summed E-state index contributed by atoms with van der Waals surface area (Å²) in [6, 6.07) is 6.27. The van der Waals surface area contributed by atoms with Gasteiger partial charge in [-0.1, -0.05) is 17.7 Å². The Kier molecular flexibility index (Phi) is 4.60. The molecule has 2 aliphatic rings. The Bertz CT molecular complexity index is 1020. The third-order valence-corrected chi connectivity index (χ3v) is 5.47. The zero-order chi connectivity index (χ0) is 20.0. The average Bonchev–Trinajstić information content (AvgIpc) is 2.77. The van der Waals surface area contributed by atoms with E-state index in [0.717, 1.165) is 6.07 Å². The van der Waals surface area contributed by atoms with E-state index in [2.05, 4.69) is 5.32 Å². The highest BCUT2D eigenvalue weighted by Gasteiger charge is 2.41. The van der Waals surface area contributed by atoms with Crippen molar-refractivity contribution in [1.82, 2.24) is 5.32 Å². The van der Waals surface area contributed by atoms with Crippen LogP contribution in [-0.4, -0.2) is 18.5 Å². The molecular weight excluding hydrogens is 388 g/mol. The first-order valence-electron chi connectivity index (χ1n) is 8.84. The Balaban J connectivity index is 2.00. The molecule has 0 saturated carbocycles. The monoisotopic (exact) mass is 403 g/mol. The van der Waals surface area contributed by atoms with E-state index in [1.807, 2.05) is 0 Å². The van der Waals surface area contributed by atoms with Crippen LogP contribution in [0.5, 0.6) is 11.5 Å². The summed E-state index contributed by atoms with van der Waals surface area (Å²) in [5, 5.41) is 12.1. The molecule has 2 aromatic rings. The van der Waals surface area contributed by atoms with Gasteiger partial charge >= 0.3 is 0 Å². The molecule has 0 spiro atoms. The van der Waals surface area contributed by atoms with E-state index in [9.17, 15) is 18.8 Å². The average molecular weight is 404 g/mol. The number of rotatable bonds is 1. The first-order chi connectivity index (χ1) is 13.4. The topological polar surface area (TPSA) is 65.4 Å². The molecule has 144 valence electrons. The predicted molar refractivity (Wildman–Crippen MR) is 99.5 cm³/mol. The fraction of sp³-hybridized carbons (Fsp3) is 0.300. The summed E-state index contributed by atoms with van der Waals surface area (Å²) in [5.41, 5.74) is 0.304. The van der Waals surface area contributed by atoms with E-state index in [4.69, 9.17) is 16.3 Å². The van der Waals surface area contributed by atoms with Crippen LogP contribution in [-0.2, 0) is 4.79 Å². The molecule has 0 radical (unpaired) electrons. The van der Waals surface area contributed by atoms with Crippen molar-refractivity contribution in [2.24, 2.45) is 0 Å². The third kappa shape index (κ3) is 2.85. The molecule has 28 heavy (non-hydrogen) atoms. The van der Waals surface area contributed by atoms with E-state index in [1.165, 1.54) is 19.1 Å². The summed E-state index contributed by atoms with van der Waals surface area (Å²) in [6.45, 7) is 1.89. The zero-order valence-corrected chi connectivity index (χ0v) is 15.7. The van der Waals surface area contributed by atoms with Gasteiger partial charge in [0.15, 0.2) is 5.75 Å². The molecule has 4 rings (SSSR count). The van der Waals surface area contributed by atoms with Gasteiger partial charge in [-0.05, 0) is 25.0 Å². The minimum absolute atomic E-state index is 0.0841. The van der Waals surface area contributed by atoms with Crippen LogP contribution in [0.2, 0.25) is 5.02 Å². The molecule has 0 aromatic heterocycles. The number of halogens is 3. The minimum atomic E-state index is -0.807. The van der Waals surface area contributed by atoms with Crippen molar-refractivity contribution < 1.29 is 18.3 Å². The molecule has 2 atom stereocenters. The molecule has 1 saturated heterocycles. The van der Waals surface area contributed by atoms with Crippen LogP contribution >= 0.6 is 11.6 Å². The predicted octanol–water partition coefficient (Wildman–Crippen LogP) is 4.44. The Labute approximate surface area is 165 Å². The van der Waals surface area contributed by atoms with Crippen LogP contribution in [0.3, 0.4) is 0 Å². The highest BCUT2D eigenvalue weighted by molar-refractivity contribution is 6.35. The lowest BCUT2D eigenvalue weighted by Gasteiger charge is -2.42. The van der Waals surface area contributed by atoms with Gasteiger partial charge in [0.2, 0.25) is 5.91 Å². The number of nitrogens with zero attached hydrogens (tertiary/aromatic N) is 2. The Morgan fingerprint density at radius 2 is 2.14 bits per heavy atom. The molecule has 2 aliphatic heterocycles. The van der Waals surface area contributed by atoms with Crippen LogP contribution in [0.25, 0.3) is 0 Å². The van der Waals surface area contributed by atoms with E-state index in [1.54, 1.807) is 17.0 Å². The lowest BCUT2D eigenvalue weighted by atomic mass is 9.89. The lowest BCUT2D eigenvalue weighted by molar-refractivity contribution is -0.120. The number of hydrogen-bond acceptors (Lipinski definition) is 4. The number of nitrogens with one attached hydrogen (secondary N) is 1. The molecule has 1 amide bonds. The molecule has 2 heterocycles.